The molecule has 1 saturated heterocycles. The predicted octanol–water partition coefficient (Wildman–Crippen LogP) is 3.53. The molecule has 1 atom stereocenters. The van der Waals surface area contributed by atoms with Crippen molar-refractivity contribution in [3.8, 4) is 0 Å². The number of nitrogens with zero attached hydrogens (tertiary/aromatic N) is 3. The van der Waals surface area contributed by atoms with E-state index in [1.807, 2.05) is 6.07 Å². The van der Waals surface area contributed by atoms with Gasteiger partial charge in [-0.1, -0.05) is 63.2 Å². The molecule has 8 nitrogen and oxygen atoms in total. The summed E-state index contributed by atoms with van der Waals surface area (Å²) in [4.78, 5) is 33.2. The highest BCUT2D eigenvalue weighted by atomic mass is 32.2. The number of carbonyl (C=O) groups excluding carboxylic acids is 1. The Morgan fingerprint density at radius 3 is 2.85 bits per heavy atom. The van der Waals surface area contributed by atoms with E-state index in [1.165, 1.54) is 16.2 Å². The van der Waals surface area contributed by atoms with Gasteiger partial charge in [-0.05, 0) is 30.5 Å². The van der Waals surface area contributed by atoms with Crippen molar-refractivity contribution < 1.29 is 14.6 Å². The lowest BCUT2D eigenvalue weighted by Gasteiger charge is -2.21. The summed E-state index contributed by atoms with van der Waals surface area (Å²) < 4.78 is 7.27. The van der Waals surface area contributed by atoms with Crippen LogP contribution in [0.3, 0.4) is 0 Å². The lowest BCUT2D eigenvalue weighted by molar-refractivity contribution is -0.122. The van der Waals surface area contributed by atoms with Crippen LogP contribution in [0.4, 0.5) is 5.82 Å². The van der Waals surface area contributed by atoms with Crippen molar-refractivity contribution in [1.82, 2.24) is 14.3 Å². The first kappa shape index (κ1) is 26.3. The first-order chi connectivity index (χ1) is 16.5. The average molecular weight is 505 g/mol. The summed E-state index contributed by atoms with van der Waals surface area (Å²) in [5.74, 6) is 0.606. The van der Waals surface area contributed by atoms with E-state index in [1.54, 1.807) is 29.3 Å². The maximum atomic E-state index is 13.3. The van der Waals surface area contributed by atoms with Gasteiger partial charge in [0, 0.05) is 19.3 Å². The minimum atomic E-state index is -0.274. The van der Waals surface area contributed by atoms with E-state index in [2.05, 4.69) is 24.1 Å². The van der Waals surface area contributed by atoms with Gasteiger partial charge < -0.3 is 15.2 Å². The van der Waals surface area contributed by atoms with Gasteiger partial charge in [0.05, 0.1) is 30.3 Å². The number of anilines is 1. The second-order valence-corrected chi connectivity index (χ2v) is 9.76. The number of hydrogen-bond acceptors (Lipinski definition) is 8. The normalized spacial score (nSPS) is 16.1. The number of amides is 1. The molecule has 2 N–H and O–H groups in total. The van der Waals surface area contributed by atoms with E-state index >= 15 is 0 Å². The van der Waals surface area contributed by atoms with Crippen LogP contribution in [0.2, 0.25) is 0 Å². The van der Waals surface area contributed by atoms with Gasteiger partial charge in [-0.15, -0.1) is 0 Å². The molecule has 3 heterocycles. The second kappa shape index (κ2) is 13.0. The van der Waals surface area contributed by atoms with Crippen LogP contribution in [-0.4, -0.2) is 62.5 Å². The van der Waals surface area contributed by atoms with Crippen molar-refractivity contribution in [3.63, 3.8) is 0 Å². The summed E-state index contributed by atoms with van der Waals surface area (Å²) in [5.41, 5.74) is 0.520. The molecule has 2 aromatic rings. The van der Waals surface area contributed by atoms with Crippen LogP contribution < -0.4 is 10.9 Å². The highest BCUT2D eigenvalue weighted by Crippen LogP contribution is 2.34. The van der Waals surface area contributed by atoms with Gasteiger partial charge in [0.15, 0.2) is 0 Å². The number of thioether (sulfide) groups is 1. The molecule has 0 radical (unpaired) electrons. The van der Waals surface area contributed by atoms with Crippen molar-refractivity contribution in [3.05, 3.63) is 45.2 Å². The molecule has 10 heteroatoms. The molecule has 3 rings (SSSR count). The van der Waals surface area contributed by atoms with Crippen LogP contribution in [0.25, 0.3) is 11.7 Å². The molecule has 0 aliphatic carbocycles. The summed E-state index contributed by atoms with van der Waals surface area (Å²) in [7, 11) is 0. The SMILES string of the molecule is CCCC[C@H](CC)CN1C(=O)/C(=C/c2c(NCCOCCO)nc3ccccn3c2=O)SC1=S. The Morgan fingerprint density at radius 1 is 1.29 bits per heavy atom. The van der Waals surface area contributed by atoms with Crippen LogP contribution >= 0.6 is 24.0 Å². The van der Waals surface area contributed by atoms with Gasteiger partial charge in [0.2, 0.25) is 0 Å². The minimum Gasteiger partial charge on any atom is -0.394 e. The molecular formula is C24H32N4O4S2. The Balaban J connectivity index is 1.89. The summed E-state index contributed by atoms with van der Waals surface area (Å²) in [6.45, 7) is 5.82. The maximum absolute atomic E-state index is 13.3. The molecule has 184 valence electrons. The molecule has 34 heavy (non-hydrogen) atoms. The van der Waals surface area contributed by atoms with Crippen molar-refractivity contribution in [2.75, 3.05) is 38.2 Å². The molecule has 0 spiro atoms. The van der Waals surface area contributed by atoms with Gasteiger partial charge >= 0.3 is 0 Å². The van der Waals surface area contributed by atoms with Crippen molar-refractivity contribution in [2.45, 2.75) is 39.5 Å². The molecule has 1 aliphatic rings. The Hall–Kier alpha value is -2.27. The van der Waals surface area contributed by atoms with E-state index in [4.69, 9.17) is 22.1 Å². The summed E-state index contributed by atoms with van der Waals surface area (Å²) >= 11 is 6.74. The fourth-order valence-corrected chi connectivity index (χ4v) is 5.00. The van der Waals surface area contributed by atoms with E-state index in [0.29, 0.717) is 51.9 Å². The van der Waals surface area contributed by atoms with Crippen molar-refractivity contribution in [2.24, 2.45) is 5.92 Å². The summed E-state index contributed by atoms with van der Waals surface area (Å²) in [6, 6.07) is 5.32. The number of unbranched alkanes of at least 4 members (excludes halogenated alkanes) is 1. The van der Waals surface area contributed by atoms with Crippen LogP contribution in [-0.2, 0) is 9.53 Å². The fraction of sp³-hybridized carbons (Fsp3) is 0.500. The smallest absolute Gasteiger partial charge is 0.267 e. The summed E-state index contributed by atoms with van der Waals surface area (Å²) in [6.07, 6.45) is 7.54. The monoisotopic (exact) mass is 504 g/mol. The van der Waals surface area contributed by atoms with Crippen molar-refractivity contribution >= 4 is 51.7 Å². The quantitative estimate of drug-likeness (QED) is 0.243. The fourth-order valence-electron chi connectivity index (χ4n) is 3.74. The molecule has 2 aromatic heterocycles. The molecule has 0 saturated carbocycles. The zero-order chi connectivity index (χ0) is 24.5. The Kier molecular flexibility index (Phi) is 10.1. The number of nitrogens with one attached hydrogen (secondary N) is 1. The van der Waals surface area contributed by atoms with Gasteiger partial charge in [0.25, 0.3) is 11.5 Å². The number of ether oxygens (including phenoxy) is 1. The number of pyridine rings is 1. The molecule has 1 fully saturated rings. The second-order valence-electron chi connectivity index (χ2n) is 8.08. The molecular weight excluding hydrogens is 472 g/mol. The van der Waals surface area contributed by atoms with Crippen molar-refractivity contribution in [1.29, 1.82) is 0 Å². The summed E-state index contributed by atoms with van der Waals surface area (Å²) in [5, 5.41) is 12.0. The largest absolute Gasteiger partial charge is 0.394 e. The first-order valence-corrected chi connectivity index (χ1v) is 12.9. The number of thiocarbonyl (C=S) groups is 1. The van der Waals surface area contributed by atoms with Crippen LogP contribution in [0.15, 0.2) is 34.1 Å². The lowest BCUT2D eigenvalue weighted by Crippen LogP contribution is -2.33. The Labute approximate surface area is 209 Å². The molecule has 0 aromatic carbocycles. The zero-order valence-electron chi connectivity index (χ0n) is 19.7. The molecule has 0 bridgehead atoms. The van der Waals surface area contributed by atoms with Gasteiger partial charge in [-0.2, -0.15) is 0 Å². The van der Waals surface area contributed by atoms with E-state index < -0.39 is 0 Å². The number of aromatic nitrogens is 2. The van der Waals surface area contributed by atoms with Gasteiger partial charge in [0.1, 0.15) is 15.8 Å². The van der Waals surface area contributed by atoms with Gasteiger partial charge in [-0.3, -0.25) is 18.9 Å². The third kappa shape index (κ3) is 6.44. The molecule has 1 amide bonds. The molecule has 1 aliphatic heterocycles. The zero-order valence-corrected chi connectivity index (χ0v) is 21.3. The number of fused-ring (bicyclic) bond motifs is 1. The lowest BCUT2D eigenvalue weighted by atomic mass is 9.99. The Bertz CT molecular complexity index is 1100. The highest BCUT2D eigenvalue weighted by Gasteiger charge is 2.33. The minimum absolute atomic E-state index is 0.0556. The standard InChI is InChI=1S/C24H32N4O4S2/c1-3-5-8-17(4-2)16-28-23(31)19(34-24(28)33)15-18-21(25-10-13-32-14-12-29)26-20-9-6-7-11-27(20)22(18)30/h6-7,9,11,15,17,25,29H,3-5,8,10,12-14,16H2,1-2H3/b19-15-/t17-/m0/s1. The number of carbonyl (C=O) groups is 1. The maximum Gasteiger partial charge on any atom is 0.267 e. The van der Waals surface area contributed by atoms with E-state index in [-0.39, 0.29) is 24.7 Å². The van der Waals surface area contributed by atoms with E-state index in [9.17, 15) is 9.59 Å². The number of rotatable bonds is 13. The van der Waals surface area contributed by atoms with E-state index in [0.717, 1.165) is 25.7 Å². The molecule has 0 unspecified atom stereocenters. The number of aliphatic hydroxyl groups excluding tert-OH is 1. The first-order valence-electron chi connectivity index (χ1n) is 11.7. The average Bonchev–Trinajstić information content (AvgIpc) is 3.10. The topological polar surface area (TPSA) is 96.2 Å². The van der Waals surface area contributed by atoms with Gasteiger partial charge in [-0.25, -0.2) is 4.98 Å². The number of hydrogen-bond donors (Lipinski definition) is 2. The highest BCUT2D eigenvalue weighted by molar-refractivity contribution is 8.26. The van der Waals surface area contributed by atoms with Crippen LogP contribution in [0.1, 0.15) is 45.1 Å². The third-order valence-corrected chi connectivity index (χ3v) is 7.05. The van der Waals surface area contributed by atoms with Crippen LogP contribution in [0, 0.1) is 5.92 Å². The Morgan fingerprint density at radius 2 is 2.12 bits per heavy atom. The number of aliphatic hydroxyl groups is 1. The van der Waals surface area contributed by atoms with Crippen LogP contribution in [0.5, 0.6) is 0 Å². The third-order valence-electron chi connectivity index (χ3n) is 5.68. The predicted molar refractivity (Wildman–Crippen MR) is 141 cm³/mol.